The van der Waals surface area contributed by atoms with Gasteiger partial charge in [0.1, 0.15) is 30.2 Å². The van der Waals surface area contributed by atoms with E-state index in [2.05, 4.69) is 23.7 Å². The first-order chi connectivity index (χ1) is 16.7. The lowest BCUT2D eigenvalue weighted by Crippen LogP contribution is -2.60. The maximum atomic E-state index is 12.5. The van der Waals surface area contributed by atoms with Gasteiger partial charge in [-0.15, -0.1) is 5.10 Å². The fourth-order valence-electron chi connectivity index (χ4n) is 4.28. The van der Waals surface area contributed by atoms with E-state index in [0.717, 1.165) is 30.5 Å². The predicted molar refractivity (Wildman–Crippen MR) is 121 cm³/mol. The van der Waals surface area contributed by atoms with E-state index in [0.29, 0.717) is 12.0 Å². The Labute approximate surface area is 202 Å². The molecule has 4 N–H and O–H groups in total. The Morgan fingerprint density at radius 3 is 2.34 bits per heavy atom. The molecule has 2 unspecified atom stereocenters. The van der Waals surface area contributed by atoms with E-state index in [4.69, 9.17) is 9.47 Å². The average molecular weight is 501 g/mol. The van der Waals surface area contributed by atoms with Crippen LogP contribution < -0.4 is 9.47 Å². The molecule has 0 saturated carbocycles. The van der Waals surface area contributed by atoms with E-state index in [1.165, 1.54) is 12.1 Å². The van der Waals surface area contributed by atoms with Crippen LogP contribution in [0.15, 0.2) is 24.3 Å². The van der Waals surface area contributed by atoms with Crippen LogP contribution in [0.1, 0.15) is 56.0 Å². The van der Waals surface area contributed by atoms with Crippen LogP contribution in [0.2, 0.25) is 0 Å². The van der Waals surface area contributed by atoms with Crippen molar-refractivity contribution in [2.45, 2.75) is 89.8 Å². The third-order valence-electron chi connectivity index (χ3n) is 6.28. The molecule has 1 aliphatic heterocycles. The Balaban J connectivity index is 1.93. The van der Waals surface area contributed by atoms with Crippen LogP contribution in [0.5, 0.6) is 11.6 Å². The summed E-state index contributed by atoms with van der Waals surface area (Å²) in [6, 6.07) is 6.33. The van der Waals surface area contributed by atoms with Gasteiger partial charge in [-0.2, -0.15) is 8.78 Å². The van der Waals surface area contributed by atoms with E-state index in [9.17, 15) is 29.2 Å². The maximum absolute atomic E-state index is 12.5. The highest BCUT2D eigenvalue weighted by Crippen LogP contribution is 2.32. The molecule has 1 fully saturated rings. The third kappa shape index (κ3) is 6.28. The molecular formula is C24H34F2N2O7. The van der Waals surface area contributed by atoms with Gasteiger partial charge >= 0.3 is 6.61 Å². The van der Waals surface area contributed by atoms with Crippen LogP contribution in [0.3, 0.4) is 0 Å². The summed E-state index contributed by atoms with van der Waals surface area (Å²) >= 11 is 0. The zero-order chi connectivity index (χ0) is 25.7. The lowest BCUT2D eigenvalue weighted by Gasteiger charge is -2.39. The summed E-state index contributed by atoms with van der Waals surface area (Å²) in [6.45, 7) is 2.55. The molecule has 35 heavy (non-hydrogen) atoms. The monoisotopic (exact) mass is 500 g/mol. The summed E-state index contributed by atoms with van der Waals surface area (Å²) < 4.78 is 42.7. The molecule has 1 aromatic carbocycles. The topological polar surface area (TPSA) is 126 Å². The number of ether oxygens (including phenoxy) is 3. The van der Waals surface area contributed by atoms with Crippen molar-refractivity contribution in [2.75, 3.05) is 6.61 Å². The van der Waals surface area contributed by atoms with Crippen LogP contribution in [0.25, 0.3) is 0 Å². The molecule has 2 heterocycles. The first-order valence-electron chi connectivity index (χ1n) is 11.8. The Morgan fingerprint density at radius 1 is 1.09 bits per heavy atom. The first kappa shape index (κ1) is 27.3. The van der Waals surface area contributed by atoms with Crippen LogP contribution in [0.4, 0.5) is 8.78 Å². The van der Waals surface area contributed by atoms with Crippen molar-refractivity contribution in [1.29, 1.82) is 0 Å². The Bertz CT molecular complexity index is 939. The summed E-state index contributed by atoms with van der Waals surface area (Å²) in [4.78, 5) is 0. The molecule has 9 nitrogen and oxygen atoms in total. The molecule has 3 rings (SSSR count). The molecule has 11 heteroatoms. The molecular weight excluding hydrogens is 466 g/mol. The molecule has 1 saturated heterocycles. The van der Waals surface area contributed by atoms with E-state index < -0.39 is 43.9 Å². The number of alkyl halides is 2. The number of hydrogen-bond donors (Lipinski definition) is 4. The summed E-state index contributed by atoms with van der Waals surface area (Å²) in [6.07, 6.45) is -4.14. The minimum Gasteiger partial charge on any atom is -0.443 e. The molecule has 196 valence electrons. The zero-order valence-corrected chi connectivity index (χ0v) is 20.1. The lowest BCUT2D eigenvalue weighted by molar-refractivity contribution is -0.278. The number of aliphatic hydroxyl groups excluding tert-OH is 4. The molecule has 2 aromatic rings. The van der Waals surface area contributed by atoms with Gasteiger partial charge in [0.05, 0.1) is 12.6 Å². The summed E-state index contributed by atoms with van der Waals surface area (Å²) in [5.41, 5.74) is 2.31. The van der Waals surface area contributed by atoms with Crippen molar-refractivity contribution in [3.05, 3.63) is 41.1 Å². The number of benzene rings is 1. The average Bonchev–Trinajstić information content (AvgIpc) is 3.13. The molecule has 0 bridgehead atoms. The normalized spacial score (nSPS) is 25.6. The van der Waals surface area contributed by atoms with E-state index in [-0.39, 0.29) is 17.7 Å². The number of hydrogen-bond acceptors (Lipinski definition) is 8. The highest BCUT2D eigenvalue weighted by molar-refractivity contribution is 5.38. The second-order valence-electron chi connectivity index (χ2n) is 8.68. The molecule has 0 amide bonds. The maximum Gasteiger partial charge on any atom is 0.387 e. The predicted octanol–water partition coefficient (Wildman–Crippen LogP) is 2.31. The van der Waals surface area contributed by atoms with Gasteiger partial charge in [-0.3, -0.25) is 4.68 Å². The molecule has 0 spiro atoms. The summed E-state index contributed by atoms with van der Waals surface area (Å²) in [5.74, 6) is 0.220. The van der Waals surface area contributed by atoms with E-state index in [1.54, 1.807) is 12.1 Å². The van der Waals surface area contributed by atoms with Gasteiger partial charge in [-0.1, -0.05) is 32.4 Å². The summed E-state index contributed by atoms with van der Waals surface area (Å²) in [7, 11) is 0. The first-order valence-corrected chi connectivity index (χ1v) is 11.8. The van der Waals surface area contributed by atoms with Gasteiger partial charge in [0, 0.05) is 17.7 Å². The van der Waals surface area contributed by atoms with Crippen LogP contribution in [-0.2, 0) is 11.2 Å². The fraction of sp³-hybridized carbons (Fsp3) is 0.625. The number of nitrogens with zero attached hydrogens (tertiary/aromatic N) is 2. The van der Waals surface area contributed by atoms with Gasteiger partial charge < -0.3 is 34.6 Å². The van der Waals surface area contributed by atoms with Crippen LogP contribution in [-0.4, -0.2) is 74.1 Å². The Kier molecular flexibility index (Phi) is 9.42. The van der Waals surface area contributed by atoms with Crippen molar-refractivity contribution in [1.82, 2.24) is 9.78 Å². The van der Waals surface area contributed by atoms with Crippen molar-refractivity contribution in [2.24, 2.45) is 0 Å². The van der Waals surface area contributed by atoms with Gasteiger partial charge in [0.2, 0.25) is 12.2 Å². The highest BCUT2D eigenvalue weighted by atomic mass is 19.3. The molecule has 1 aromatic heterocycles. The zero-order valence-electron chi connectivity index (χ0n) is 20.1. The number of aromatic nitrogens is 2. The standard InChI is InChI=1S/C24H34F2N2O7/c1-4-6-15(5-2)28-13(3)17(11-14-7-9-16(10-8-14)33-24(25)26)22(27-28)35-23-21(32)20(31)19(30)18(12-29)34-23/h7-10,15,18-21,23-24,29-32H,4-6,11-12H2,1-3H3/t15?,18?,19-,20+,21-,23+/m1/s1. The molecule has 1 aliphatic rings. The number of aliphatic hydroxyl groups is 4. The largest absolute Gasteiger partial charge is 0.443 e. The summed E-state index contributed by atoms with van der Waals surface area (Å²) in [5, 5.41) is 44.7. The fourth-order valence-corrected chi connectivity index (χ4v) is 4.28. The Hall–Kier alpha value is -2.31. The van der Waals surface area contributed by atoms with Crippen molar-refractivity contribution in [3.8, 4) is 11.6 Å². The van der Waals surface area contributed by atoms with Gasteiger partial charge in [0.15, 0.2) is 0 Å². The van der Waals surface area contributed by atoms with Gasteiger partial charge in [0.25, 0.3) is 0 Å². The molecule has 0 radical (unpaired) electrons. The molecule has 0 aliphatic carbocycles. The smallest absolute Gasteiger partial charge is 0.387 e. The van der Waals surface area contributed by atoms with Crippen molar-refractivity contribution >= 4 is 0 Å². The number of halogens is 2. The Morgan fingerprint density at radius 2 is 1.77 bits per heavy atom. The minimum absolute atomic E-state index is 0.0444. The molecule has 6 atom stereocenters. The SMILES string of the molecule is CCCC(CC)n1nc(O[C@@H]2OC(CO)[C@@H](O)[C@H](O)[C@H]2O)c(Cc2ccc(OC(F)F)cc2)c1C. The van der Waals surface area contributed by atoms with Gasteiger partial charge in [-0.05, 0) is 37.5 Å². The van der Waals surface area contributed by atoms with Gasteiger partial charge in [-0.25, -0.2) is 0 Å². The second-order valence-corrected chi connectivity index (χ2v) is 8.68. The quantitative estimate of drug-likeness (QED) is 0.370. The lowest BCUT2D eigenvalue weighted by atomic mass is 9.99. The minimum atomic E-state index is -2.91. The number of rotatable bonds is 11. The van der Waals surface area contributed by atoms with Crippen LogP contribution >= 0.6 is 0 Å². The second kappa shape index (κ2) is 12.1. The van der Waals surface area contributed by atoms with Crippen molar-refractivity contribution in [3.63, 3.8) is 0 Å². The highest BCUT2D eigenvalue weighted by Gasteiger charge is 2.45. The van der Waals surface area contributed by atoms with E-state index in [1.807, 2.05) is 11.6 Å². The van der Waals surface area contributed by atoms with Crippen LogP contribution in [0, 0.1) is 6.92 Å². The third-order valence-corrected chi connectivity index (χ3v) is 6.28. The van der Waals surface area contributed by atoms with Crippen molar-refractivity contribution < 1.29 is 43.4 Å². The van der Waals surface area contributed by atoms with E-state index >= 15 is 0 Å².